The minimum Gasteiger partial charge on any atom is -0.481 e. The average Bonchev–Trinajstić information content (AvgIpc) is 3.06. The van der Waals surface area contributed by atoms with Crippen molar-refractivity contribution in [2.75, 3.05) is 0 Å². The Morgan fingerprint density at radius 2 is 1.86 bits per heavy atom. The zero-order chi connectivity index (χ0) is 16.9. The number of amides is 1. The normalized spacial score (nSPS) is 35.1. The van der Waals surface area contributed by atoms with Gasteiger partial charge in [0, 0.05) is 5.92 Å². The molecular weight excluding hydrogens is 296 g/mol. The quantitative estimate of drug-likeness (QED) is 0.383. The number of carbonyl (C=O) groups excluding carboxylic acids is 1. The number of aliphatic carboxylic acids is 3. The van der Waals surface area contributed by atoms with Gasteiger partial charge < -0.3 is 26.4 Å². The Labute approximate surface area is 125 Å². The van der Waals surface area contributed by atoms with E-state index in [0.29, 0.717) is 6.42 Å². The van der Waals surface area contributed by atoms with E-state index in [1.807, 2.05) is 0 Å². The van der Waals surface area contributed by atoms with E-state index in [1.54, 1.807) is 0 Å². The lowest BCUT2D eigenvalue weighted by Crippen LogP contribution is -2.66. The molecule has 0 aromatic rings. The third-order valence-corrected chi connectivity index (χ3v) is 4.96. The first kappa shape index (κ1) is 16.2. The minimum absolute atomic E-state index is 0.0621. The number of fused-ring (bicyclic) bond motifs is 1. The molecule has 122 valence electrons. The number of nitrogens with two attached hydrogens (primary N) is 1. The highest BCUT2D eigenvalue weighted by Gasteiger charge is 2.72. The van der Waals surface area contributed by atoms with E-state index in [4.69, 9.17) is 15.9 Å². The molecule has 9 heteroatoms. The summed E-state index contributed by atoms with van der Waals surface area (Å²) < 4.78 is 0. The molecule has 2 fully saturated rings. The Morgan fingerprint density at radius 3 is 2.23 bits per heavy atom. The molecule has 2 saturated carbocycles. The van der Waals surface area contributed by atoms with Crippen LogP contribution in [-0.4, -0.2) is 50.2 Å². The van der Waals surface area contributed by atoms with E-state index in [-0.39, 0.29) is 18.8 Å². The molecule has 0 bridgehead atoms. The van der Waals surface area contributed by atoms with Crippen LogP contribution in [0.5, 0.6) is 0 Å². The predicted molar refractivity (Wildman–Crippen MR) is 70.7 cm³/mol. The molecule has 5 atom stereocenters. The Kier molecular flexibility index (Phi) is 3.64. The molecular formula is C13H18N2O7. The molecule has 0 aliphatic heterocycles. The number of carbonyl (C=O) groups is 4. The average molecular weight is 314 g/mol. The van der Waals surface area contributed by atoms with E-state index < -0.39 is 46.7 Å². The van der Waals surface area contributed by atoms with Gasteiger partial charge in [-0.05, 0) is 25.2 Å². The second-order valence-electron chi connectivity index (χ2n) is 5.95. The van der Waals surface area contributed by atoms with Crippen molar-refractivity contribution in [3.8, 4) is 0 Å². The summed E-state index contributed by atoms with van der Waals surface area (Å²) in [5.41, 5.74) is 1.55. The molecule has 9 nitrogen and oxygen atoms in total. The zero-order valence-electron chi connectivity index (χ0n) is 11.9. The van der Waals surface area contributed by atoms with E-state index in [2.05, 4.69) is 5.32 Å². The largest absolute Gasteiger partial charge is 0.481 e. The second kappa shape index (κ2) is 4.94. The summed E-state index contributed by atoms with van der Waals surface area (Å²) in [6, 6.07) is 0. The molecule has 0 spiro atoms. The molecule has 0 radical (unpaired) electrons. The highest BCUT2D eigenvalue weighted by molar-refractivity contribution is 6.08. The number of hydrogen-bond acceptors (Lipinski definition) is 5. The summed E-state index contributed by atoms with van der Waals surface area (Å²) in [5, 5.41) is 29.9. The Balaban J connectivity index is 2.28. The minimum atomic E-state index is -2.24. The molecule has 0 aromatic heterocycles. The van der Waals surface area contributed by atoms with Crippen molar-refractivity contribution in [2.24, 2.45) is 23.5 Å². The van der Waals surface area contributed by atoms with Crippen LogP contribution in [-0.2, 0) is 19.2 Å². The van der Waals surface area contributed by atoms with Gasteiger partial charge in [0.05, 0.1) is 5.92 Å². The summed E-state index contributed by atoms with van der Waals surface area (Å²) in [6.07, 6.45) is 0.192. The van der Waals surface area contributed by atoms with E-state index in [1.165, 1.54) is 6.92 Å². The molecule has 22 heavy (non-hydrogen) atoms. The molecule has 0 heterocycles. The van der Waals surface area contributed by atoms with Crippen molar-refractivity contribution >= 4 is 23.8 Å². The van der Waals surface area contributed by atoms with Gasteiger partial charge in [-0.25, -0.2) is 9.59 Å². The molecule has 0 saturated heterocycles. The summed E-state index contributed by atoms with van der Waals surface area (Å²) in [6.45, 7) is 1.40. The van der Waals surface area contributed by atoms with Gasteiger partial charge >= 0.3 is 17.9 Å². The van der Waals surface area contributed by atoms with Crippen LogP contribution in [0.25, 0.3) is 0 Å². The van der Waals surface area contributed by atoms with Gasteiger partial charge in [0.2, 0.25) is 0 Å². The number of nitrogens with one attached hydrogen (secondary N) is 1. The highest BCUT2D eigenvalue weighted by Crippen LogP contribution is 2.62. The molecule has 2 aliphatic rings. The van der Waals surface area contributed by atoms with E-state index in [0.717, 1.165) is 0 Å². The van der Waals surface area contributed by atoms with Crippen LogP contribution in [0.4, 0.5) is 0 Å². The molecule has 2 aliphatic carbocycles. The molecule has 1 unspecified atom stereocenters. The van der Waals surface area contributed by atoms with Crippen LogP contribution in [0.2, 0.25) is 0 Å². The third kappa shape index (κ3) is 2.04. The number of rotatable bonds is 6. The van der Waals surface area contributed by atoms with Gasteiger partial charge in [-0.1, -0.05) is 6.92 Å². The summed E-state index contributed by atoms with van der Waals surface area (Å²) >= 11 is 0. The Morgan fingerprint density at radius 1 is 1.27 bits per heavy atom. The zero-order valence-corrected chi connectivity index (χ0v) is 11.9. The number of carboxylic acid groups (broad SMARTS) is 3. The smallest absolute Gasteiger partial charge is 0.333 e. The Bertz CT molecular complexity index is 563. The number of hydrogen-bond donors (Lipinski definition) is 5. The monoisotopic (exact) mass is 314 g/mol. The van der Waals surface area contributed by atoms with Crippen LogP contribution in [0, 0.1) is 17.8 Å². The van der Waals surface area contributed by atoms with Crippen LogP contribution in [0.1, 0.15) is 26.2 Å². The maximum Gasteiger partial charge on any atom is 0.333 e. The van der Waals surface area contributed by atoms with Crippen molar-refractivity contribution in [1.29, 1.82) is 0 Å². The predicted octanol–water partition coefficient (Wildman–Crippen LogP) is -1.14. The highest BCUT2D eigenvalue weighted by atomic mass is 16.4. The van der Waals surface area contributed by atoms with Crippen molar-refractivity contribution in [2.45, 2.75) is 37.3 Å². The summed E-state index contributed by atoms with van der Waals surface area (Å²) in [7, 11) is 0. The fourth-order valence-electron chi connectivity index (χ4n) is 3.47. The van der Waals surface area contributed by atoms with Gasteiger partial charge in [0.25, 0.3) is 5.91 Å². The van der Waals surface area contributed by atoms with Crippen molar-refractivity contribution in [3.05, 3.63) is 0 Å². The Hall–Kier alpha value is -2.16. The topological polar surface area (TPSA) is 167 Å². The first-order valence-electron chi connectivity index (χ1n) is 6.93. The molecule has 0 aromatic carbocycles. The van der Waals surface area contributed by atoms with Crippen LogP contribution < -0.4 is 11.1 Å². The van der Waals surface area contributed by atoms with Gasteiger partial charge in [0.1, 0.15) is 5.54 Å². The van der Waals surface area contributed by atoms with E-state index in [9.17, 15) is 24.3 Å². The van der Waals surface area contributed by atoms with Crippen molar-refractivity contribution < 1.29 is 34.5 Å². The lowest BCUT2D eigenvalue weighted by molar-refractivity contribution is -0.155. The first-order valence-corrected chi connectivity index (χ1v) is 6.93. The SMILES string of the molecule is CCC(N)(C(=O)O)C(=O)N[C@@]1(C(=O)O)CC[C@H]2[C@H](C(=O)O)[C@H]21. The molecule has 2 rings (SSSR count). The van der Waals surface area contributed by atoms with Crippen LogP contribution >= 0.6 is 0 Å². The maximum atomic E-state index is 12.2. The summed E-state index contributed by atoms with van der Waals surface area (Å²) in [4.78, 5) is 46.2. The molecule has 6 N–H and O–H groups in total. The van der Waals surface area contributed by atoms with Gasteiger partial charge in [-0.3, -0.25) is 9.59 Å². The van der Waals surface area contributed by atoms with Crippen LogP contribution in [0.3, 0.4) is 0 Å². The van der Waals surface area contributed by atoms with Crippen molar-refractivity contribution in [3.63, 3.8) is 0 Å². The van der Waals surface area contributed by atoms with Crippen molar-refractivity contribution in [1.82, 2.24) is 5.32 Å². The fourth-order valence-corrected chi connectivity index (χ4v) is 3.47. The first-order chi connectivity index (χ1) is 10.1. The second-order valence-corrected chi connectivity index (χ2v) is 5.95. The summed E-state index contributed by atoms with van der Waals surface area (Å²) in [5.74, 6) is -7.02. The third-order valence-electron chi connectivity index (χ3n) is 4.96. The van der Waals surface area contributed by atoms with Gasteiger partial charge in [-0.15, -0.1) is 0 Å². The lowest BCUT2D eigenvalue weighted by Gasteiger charge is -2.32. The van der Waals surface area contributed by atoms with Gasteiger partial charge in [0.15, 0.2) is 5.54 Å². The maximum absolute atomic E-state index is 12.2. The molecule has 1 amide bonds. The fraction of sp³-hybridized carbons (Fsp3) is 0.692. The number of carboxylic acids is 3. The van der Waals surface area contributed by atoms with E-state index >= 15 is 0 Å². The standard InChI is InChI=1S/C13H18N2O7/c1-2-12(14,10(19)20)9(18)15-13(11(21)22)4-3-5-6(7(5)13)8(16)17/h5-7H,2-4,14H2,1H3,(H,15,18)(H,16,17)(H,19,20)(H,21,22)/t5-,6-,7-,12?,13-/m0/s1. The van der Waals surface area contributed by atoms with Crippen LogP contribution in [0.15, 0.2) is 0 Å². The van der Waals surface area contributed by atoms with Gasteiger partial charge in [-0.2, -0.15) is 0 Å². The lowest BCUT2D eigenvalue weighted by atomic mass is 9.87.